The molecule has 0 aliphatic rings. The van der Waals surface area contributed by atoms with E-state index >= 15 is 0 Å². The highest BCUT2D eigenvalue weighted by molar-refractivity contribution is 7.19. The Bertz CT molecular complexity index is 579. The van der Waals surface area contributed by atoms with E-state index in [0.717, 1.165) is 17.7 Å². The lowest BCUT2D eigenvalue weighted by Gasteiger charge is -2.03. The SMILES string of the molecule is CCCCNC(=O)c1c(-c2ccc(Cl)s2)noc1N. The minimum atomic E-state index is -0.272. The third-order valence-corrected chi connectivity index (χ3v) is 3.81. The summed E-state index contributed by atoms with van der Waals surface area (Å²) >= 11 is 7.20. The van der Waals surface area contributed by atoms with Crippen LogP contribution in [0.2, 0.25) is 4.34 Å². The maximum Gasteiger partial charge on any atom is 0.259 e. The molecule has 5 nitrogen and oxygen atoms in total. The molecule has 0 spiro atoms. The minimum Gasteiger partial charge on any atom is -0.367 e. The van der Waals surface area contributed by atoms with Crippen LogP contribution in [0.5, 0.6) is 0 Å². The van der Waals surface area contributed by atoms with Gasteiger partial charge in [-0.05, 0) is 18.6 Å². The second kappa shape index (κ2) is 6.08. The van der Waals surface area contributed by atoms with Crippen LogP contribution in [0.1, 0.15) is 30.1 Å². The fourth-order valence-corrected chi connectivity index (χ4v) is 2.63. The molecule has 19 heavy (non-hydrogen) atoms. The fourth-order valence-electron chi connectivity index (χ4n) is 1.60. The van der Waals surface area contributed by atoms with E-state index in [1.807, 2.05) is 0 Å². The van der Waals surface area contributed by atoms with Gasteiger partial charge in [0.15, 0.2) is 0 Å². The first kappa shape index (κ1) is 13.9. The molecule has 7 heteroatoms. The van der Waals surface area contributed by atoms with Crippen molar-refractivity contribution in [3.8, 4) is 10.6 Å². The molecule has 0 fully saturated rings. The zero-order chi connectivity index (χ0) is 13.8. The van der Waals surface area contributed by atoms with Crippen LogP contribution in [0.25, 0.3) is 10.6 Å². The number of halogens is 1. The largest absolute Gasteiger partial charge is 0.367 e. The number of hydrogen-bond acceptors (Lipinski definition) is 5. The van der Waals surface area contributed by atoms with Gasteiger partial charge in [-0.1, -0.05) is 30.1 Å². The van der Waals surface area contributed by atoms with Crippen LogP contribution in [0.4, 0.5) is 5.88 Å². The number of thiophene rings is 1. The first-order chi connectivity index (χ1) is 9.13. The second-order valence-electron chi connectivity index (χ2n) is 3.98. The summed E-state index contributed by atoms with van der Waals surface area (Å²) in [6.45, 7) is 2.66. The number of carbonyl (C=O) groups is 1. The molecular formula is C12H14ClN3O2S. The van der Waals surface area contributed by atoms with E-state index in [9.17, 15) is 4.79 Å². The van der Waals surface area contributed by atoms with Crippen LogP contribution < -0.4 is 11.1 Å². The number of nitrogens with zero attached hydrogens (tertiary/aromatic N) is 1. The summed E-state index contributed by atoms with van der Waals surface area (Å²) in [7, 11) is 0. The van der Waals surface area contributed by atoms with Gasteiger partial charge in [0.2, 0.25) is 5.88 Å². The Morgan fingerprint density at radius 2 is 2.37 bits per heavy atom. The number of nitrogen functional groups attached to an aromatic ring is 1. The smallest absolute Gasteiger partial charge is 0.259 e. The van der Waals surface area contributed by atoms with Gasteiger partial charge in [-0.25, -0.2) is 0 Å². The van der Waals surface area contributed by atoms with E-state index in [1.54, 1.807) is 12.1 Å². The normalized spacial score (nSPS) is 10.6. The molecule has 2 heterocycles. The van der Waals surface area contributed by atoms with Gasteiger partial charge in [-0.3, -0.25) is 4.79 Å². The molecule has 2 aromatic rings. The number of amides is 1. The molecule has 1 amide bonds. The number of nitrogens with one attached hydrogen (secondary N) is 1. The van der Waals surface area contributed by atoms with Gasteiger partial charge in [0.25, 0.3) is 5.91 Å². The minimum absolute atomic E-state index is 0.0218. The van der Waals surface area contributed by atoms with Crippen molar-refractivity contribution < 1.29 is 9.32 Å². The Morgan fingerprint density at radius 1 is 1.58 bits per heavy atom. The Balaban J connectivity index is 2.25. The van der Waals surface area contributed by atoms with Crippen LogP contribution in [0.15, 0.2) is 16.7 Å². The van der Waals surface area contributed by atoms with Crippen LogP contribution in [0, 0.1) is 0 Å². The summed E-state index contributed by atoms with van der Waals surface area (Å²) in [5, 5.41) is 6.64. The fraction of sp³-hybridized carbons (Fsp3) is 0.333. The molecule has 2 rings (SSSR count). The molecule has 102 valence electrons. The molecule has 0 aromatic carbocycles. The summed E-state index contributed by atoms with van der Waals surface area (Å²) in [6, 6.07) is 3.53. The van der Waals surface area contributed by atoms with Crippen molar-refractivity contribution in [2.45, 2.75) is 19.8 Å². The zero-order valence-electron chi connectivity index (χ0n) is 10.4. The predicted octanol–water partition coefficient (Wildman–Crippen LogP) is 3.17. The van der Waals surface area contributed by atoms with E-state index in [-0.39, 0.29) is 17.4 Å². The Hall–Kier alpha value is -1.53. The molecule has 3 N–H and O–H groups in total. The number of nitrogens with two attached hydrogens (primary N) is 1. The number of carbonyl (C=O) groups excluding carboxylic acids is 1. The van der Waals surface area contributed by atoms with E-state index in [4.69, 9.17) is 21.9 Å². The van der Waals surface area contributed by atoms with Crippen molar-refractivity contribution in [1.29, 1.82) is 0 Å². The summed E-state index contributed by atoms with van der Waals surface area (Å²) in [4.78, 5) is 12.8. The Kier molecular flexibility index (Phi) is 4.44. The van der Waals surface area contributed by atoms with Gasteiger partial charge in [0, 0.05) is 6.54 Å². The molecule has 0 bridgehead atoms. The third-order valence-electron chi connectivity index (χ3n) is 2.57. The van der Waals surface area contributed by atoms with Crippen LogP contribution in [-0.4, -0.2) is 17.6 Å². The van der Waals surface area contributed by atoms with Gasteiger partial charge < -0.3 is 15.6 Å². The van der Waals surface area contributed by atoms with Crippen molar-refractivity contribution in [3.63, 3.8) is 0 Å². The first-order valence-corrected chi connectivity index (χ1v) is 7.12. The topological polar surface area (TPSA) is 81.2 Å². The molecule has 0 radical (unpaired) electrons. The van der Waals surface area contributed by atoms with Gasteiger partial charge in [-0.15, -0.1) is 11.3 Å². The van der Waals surface area contributed by atoms with Gasteiger partial charge >= 0.3 is 0 Å². The number of aromatic nitrogens is 1. The third kappa shape index (κ3) is 3.08. The lowest BCUT2D eigenvalue weighted by atomic mass is 10.2. The maximum atomic E-state index is 12.1. The van der Waals surface area contributed by atoms with Crippen LogP contribution in [0.3, 0.4) is 0 Å². The van der Waals surface area contributed by atoms with Crippen molar-refractivity contribution >= 4 is 34.7 Å². The Labute approximate surface area is 119 Å². The molecule has 0 saturated carbocycles. The highest BCUT2D eigenvalue weighted by Crippen LogP contribution is 2.34. The molecule has 0 aliphatic carbocycles. The molecule has 0 unspecified atom stereocenters. The van der Waals surface area contributed by atoms with Crippen molar-refractivity contribution in [2.75, 3.05) is 12.3 Å². The van der Waals surface area contributed by atoms with Gasteiger partial charge in [0.1, 0.15) is 11.3 Å². The van der Waals surface area contributed by atoms with Crippen molar-refractivity contribution in [3.05, 3.63) is 22.0 Å². The second-order valence-corrected chi connectivity index (χ2v) is 5.70. The maximum absolute atomic E-state index is 12.1. The lowest BCUT2D eigenvalue weighted by molar-refractivity contribution is 0.0954. The number of unbranched alkanes of at least 4 members (excludes halogenated alkanes) is 1. The lowest BCUT2D eigenvalue weighted by Crippen LogP contribution is -2.25. The number of hydrogen-bond donors (Lipinski definition) is 2. The standard InChI is InChI=1S/C12H14ClN3O2S/c1-2-3-6-15-12(17)9-10(16-18-11(9)14)7-4-5-8(13)19-7/h4-5H,2-3,6,14H2,1H3,(H,15,17). The molecule has 2 aromatic heterocycles. The highest BCUT2D eigenvalue weighted by Gasteiger charge is 2.23. The number of anilines is 1. The highest BCUT2D eigenvalue weighted by atomic mass is 35.5. The molecule has 0 atom stereocenters. The zero-order valence-corrected chi connectivity index (χ0v) is 12.0. The molecular weight excluding hydrogens is 286 g/mol. The van der Waals surface area contributed by atoms with E-state index in [1.165, 1.54) is 11.3 Å². The van der Waals surface area contributed by atoms with Crippen molar-refractivity contribution in [1.82, 2.24) is 10.5 Å². The summed E-state index contributed by atoms with van der Waals surface area (Å²) in [6.07, 6.45) is 1.92. The number of rotatable bonds is 5. The first-order valence-electron chi connectivity index (χ1n) is 5.92. The van der Waals surface area contributed by atoms with Crippen molar-refractivity contribution in [2.24, 2.45) is 0 Å². The monoisotopic (exact) mass is 299 g/mol. The summed E-state index contributed by atoms with van der Waals surface area (Å²) < 4.78 is 5.54. The van der Waals surface area contributed by atoms with Crippen LogP contribution in [-0.2, 0) is 0 Å². The summed E-state index contributed by atoms with van der Waals surface area (Å²) in [5.74, 6) is -0.250. The Morgan fingerprint density at radius 3 is 3.00 bits per heavy atom. The van der Waals surface area contributed by atoms with Gasteiger partial charge in [0.05, 0.1) is 9.21 Å². The van der Waals surface area contributed by atoms with E-state index < -0.39 is 0 Å². The predicted molar refractivity (Wildman–Crippen MR) is 76.5 cm³/mol. The quantitative estimate of drug-likeness (QED) is 0.831. The summed E-state index contributed by atoms with van der Waals surface area (Å²) in [5.41, 5.74) is 6.38. The van der Waals surface area contributed by atoms with Crippen LogP contribution >= 0.6 is 22.9 Å². The van der Waals surface area contributed by atoms with Gasteiger partial charge in [-0.2, -0.15) is 0 Å². The average Bonchev–Trinajstić information content (AvgIpc) is 2.95. The molecule has 0 aliphatic heterocycles. The van der Waals surface area contributed by atoms with E-state index in [0.29, 0.717) is 16.6 Å². The molecule has 0 saturated heterocycles. The average molecular weight is 300 g/mol. The van der Waals surface area contributed by atoms with E-state index in [2.05, 4.69) is 17.4 Å².